The van der Waals surface area contributed by atoms with Crippen LogP contribution in [0.4, 0.5) is 0 Å². The molecule has 0 saturated heterocycles. The first-order valence-corrected chi connectivity index (χ1v) is 5.46. The second kappa shape index (κ2) is 2.78. The Morgan fingerprint density at radius 2 is 1.75 bits per heavy atom. The Morgan fingerprint density at radius 3 is 2.42 bits per heavy atom. The Kier molecular flexibility index (Phi) is 1.88. The highest BCUT2D eigenvalue weighted by Crippen LogP contribution is 2.32. The van der Waals surface area contributed by atoms with Crippen molar-refractivity contribution in [1.29, 1.82) is 0 Å². The van der Waals surface area contributed by atoms with Crippen LogP contribution in [0.1, 0.15) is 31.2 Å². The molecule has 0 saturated carbocycles. The lowest BCUT2D eigenvalue weighted by Gasteiger charge is -1.96. The minimum Gasteiger partial charge on any atom is -0.196 e. The molecule has 0 atom stereocenters. The number of hydrogen-bond acceptors (Lipinski definition) is 4. The van der Waals surface area contributed by atoms with Crippen molar-refractivity contribution in [3.8, 4) is 0 Å². The molecule has 0 unspecified atom stereocenters. The molecule has 2 aromatic heterocycles. The molecule has 0 radical (unpaired) electrons. The normalized spacial score (nSPS) is 11.7. The molecule has 0 aliphatic heterocycles. The van der Waals surface area contributed by atoms with Crippen LogP contribution in [0, 0.1) is 6.92 Å². The third-order valence-corrected chi connectivity index (χ3v) is 3.88. The molecule has 0 spiro atoms. The van der Waals surface area contributed by atoms with Crippen LogP contribution in [-0.4, -0.2) is 8.75 Å². The largest absolute Gasteiger partial charge is 0.196 e. The molecule has 0 aliphatic rings. The summed E-state index contributed by atoms with van der Waals surface area (Å²) in [5.41, 5.74) is 2.33. The highest BCUT2D eigenvalue weighted by atomic mass is 32.1. The van der Waals surface area contributed by atoms with Gasteiger partial charge in [-0.05, 0) is 35.9 Å². The fraction of sp³-hybridized carbons (Fsp3) is 0.500. The number of aromatic nitrogens is 2. The minimum absolute atomic E-state index is 0.513. The van der Waals surface area contributed by atoms with E-state index in [1.165, 1.54) is 15.1 Å². The van der Waals surface area contributed by atoms with E-state index in [2.05, 4.69) is 22.6 Å². The maximum atomic E-state index is 4.43. The average Bonchev–Trinajstić information content (AvgIpc) is 2.53. The fourth-order valence-corrected chi connectivity index (χ4v) is 3.26. The van der Waals surface area contributed by atoms with E-state index in [1.807, 2.05) is 6.92 Å². The quantitative estimate of drug-likeness (QED) is 0.703. The molecule has 2 aromatic rings. The van der Waals surface area contributed by atoms with Crippen LogP contribution in [0.2, 0.25) is 0 Å². The van der Waals surface area contributed by atoms with Crippen molar-refractivity contribution in [2.45, 2.75) is 26.7 Å². The van der Waals surface area contributed by atoms with Crippen molar-refractivity contribution in [1.82, 2.24) is 8.75 Å². The Labute approximate surface area is 79.6 Å². The van der Waals surface area contributed by atoms with Crippen molar-refractivity contribution in [3.63, 3.8) is 0 Å². The van der Waals surface area contributed by atoms with Crippen LogP contribution in [-0.2, 0) is 0 Å². The van der Waals surface area contributed by atoms with E-state index >= 15 is 0 Å². The van der Waals surface area contributed by atoms with Gasteiger partial charge in [-0.2, -0.15) is 8.75 Å². The molecule has 0 amide bonds. The summed E-state index contributed by atoms with van der Waals surface area (Å²) in [5, 5.41) is 0. The van der Waals surface area contributed by atoms with Crippen LogP contribution in [0.15, 0.2) is 0 Å². The second-order valence-electron chi connectivity index (χ2n) is 3.15. The van der Waals surface area contributed by atoms with Gasteiger partial charge in [-0.15, -0.1) is 0 Å². The van der Waals surface area contributed by atoms with Crippen molar-refractivity contribution in [2.24, 2.45) is 0 Å². The molecule has 12 heavy (non-hydrogen) atoms. The zero-order valence-corrected chi connectivity index (χ0v) is 8.92. The Morgan fingerprint density at radius 1 is 1.08 bits per heavy atom. The van der Waals surface area contributed by atoms with E-state index in [0.29, 0.717) is 5.92 Å². The van der Waals surface area contributed by atoms with Gasteiger partial charge in [-0.25, -0.2) is 0 Å². The van der Waals surface area contributed by atoms with E-state index in [4.69, 9.17) is 0 Å². The first kappa shape index (κ1) is 8.13. The van der Waals surface area contributed by atoms with Crippen LogP contribution in [0.5, 0.6) is 0 Å². The van der Waals surface area contributed by atoms with Crippen molar-refractivity contribution >= 4 is 32.5 Å². The fourth-order valence-electron chi connectivity index (χ4n) is 1.14. The van der Waals surface area contributed by atoms with E-state index in [9.17, 15) is 0 Å². The molecule has 4 heteroatoms. The SMILES string of the molecule is Cc1nsc2c(C(C)C)nsc12. The van der Waals surface area contributed by atoms with Crippen molar-refractivity contribution < 1.29 is 0 Å². The number of nitrogens with zero attached hydrogens (tertiary/aromatic N) is 2. The van der Waals surface area contributed by atoms with Crippen LogP contribution in [0.3, 0.4) is 0 Å². The standard InChI is InChI=1S/C8H10N2S2/c1-4(2)6-8-7(11-10-6)5(3)9-12-8/h4H,1-3H3. The smallest absolute Gasteiger partial charge is 0.0896 e. The van der Waals surface area contributed by atoms with Crippen molar-refractivity contribution in [3.05, 3.63) is 11.4 Å². The summed E-state index contributed by atoms with van der Waals surface area (Å²) < 4.78 is 11.3. The summed E-state index contributed by atoms with van der Waals surface area (Å²) >= 11 is 3.15. The molecular formula is C8H10N2S2. The van der Waals surface area contributed by atoms with Gasteiger partial charge in [0.15, 0.2) is 0 Å². The molecule has 0 N–H and O–H groups in total. The Hall–Kier alpha value is -0.480. The van der Waals surface area contributed by atoms with Crippen LogP contribution in [0.25, 0.3) is 9.40 Å². The lowest BCUT2D eigenvalue weighted by molar-refractivity contribution is 0.851. The predicted octanol–water partition coefficient (Wildman–Crippen LogP) is 3.18. The van der Waals surface area contributed by atoms with Gasteiger partial charge >= 0.3 is 0 Å². The molecule has 2 nitrogen and oxygen atoms in total. The van der Waals surface area contributed by atoms with Gasteiger partial charge in [-0.3, -0.25) is 0 Å². The number of fused-ring (bicyclic) bond motifs is 1. The lowest BCUT2D eigenvalue weighted by atomic mass is 10.1. The van der Waals surface area contributed by atoms with Gasteiger partial charge in [-0.1, -0.05) is 13.8 Å². The maximum Gasteiger partial charge on any atom is 0.0896 e. The van der Waals surface area contributed by atoms with E-state index in [-0.39, 0.29) is 0 Å². The average molecular weight is 198 g/mol. The van der Waals surface area contributed by atoms with Gasteiger partial charge in [0.1, 0.15) is 0 Å². The highest BCUT2D eigenvalue weighted by molar-refractivity contribution is 7.22. The molecule has 0 aliphatic carbocycles. The molecule has 0 fully saturated rings. The van der Waals surface area contributed by atoms with Gasteiger partial charge in [0.2, 0.25) is 0 Å². The van der Waals surface area contributed by atoms with E-state index in [1.54, 1.807) is 23.1 Å². The molecule has 64 valence electrons. The molecular weight excluding hydrogens is 188 g/mol. The molecule has 0 aromatic carbocycles. The summed E-state index contributed by atoms with van der Waals surface area (Å²) in [6.45, 7) is 6.38. The lowest BCUT2D eigenvalue weighted by Crippen LogP contribution is -1.84. The third-order valence-electron chi connectivity index (χ3n) is 1.82. The van der Waals surface area contributed by atoms with Gasteiger partial charge in [0.25, 0.3) is 0 Å². The van der Waals surface area contributed by atoms with Gasteiger partial charge in [0.05, 0.1) is 20.8 Å². The van der Waals surface area contributed by atoms with E-state index < -0.39 is 0 Å². The molecule has 0 bridgehead atoms. The maximum absolute atomic E-state index is 4.43. The summed E-state index contributed by atoms with van der Waals surface area (Å²) in [5.74, 6) is 0.513. The predicted molar refractivity (Wildman–Crippen MR) is 54.1 cm³/mol. The summed E-state index contributed by atoms with van der Waals surface area (Å²) in [6, 6.07) is 0. The zero-order valence-electron chi connectivity index (χ0n) is 7.29. The highest BCUT2D eigenvalue weighted by Gasteiger charge is 2.13. The monoisotopic (exact) mass is 198 g/mol. The van der Waals surface area contributed by atoms with Crippen LogP contribution < -0.4 is 0 Å². The Bertz CT molecular complexity index is 400. The van der Waals surface area contributed by atoms with Gasteiger partial charge < -0.3 is 0 Å². The first-order valence-electron chi connectivity index (χ1n) is 3.91. The first-order chi connectivity index (χ1) is 5.70. The summed E-state index contributed by atoms with van der Waals surface area (Å²) in [7, 11) is 0. The number of rotatable bonds is 1. The van der Waals surface area contributed by atoms with Crippen LogP contribution >= 0.6 is 23.1 Å². The Balaban J connectivity index is 2.71. The summed E-state index contributed by atoms with van der Waals surface area (Å²) in [4.78, 5) is 0. The van der Waals surface area contributed by atoms with Crippen molar-refractivity contribution in [2.75, 3.05) is 0 Å². The second-order valence-corrected chi connectivity index (χ2v) is 4.70. The van der Waals surface area contributed by atoms with E-state index in [0.717, 1.165) is 5.69 Å². The topological polar surface area (TPSA) is 25.8 Å². The molecule has 2 heterocycles. The summed E-state index contributed by atoms with van der Waals surface area (Å²) in [6.07, 6.45) is 0. The zero-order chi connectivity index (χ0) is 8.72. The minimum atomic E-state index is 0.513. The van der Waals surface area contributed by atoms with Gasteiger partial charge in [0, 0.05) is 0 Å². The third kappa shape index (κ3) is 1.06. The number of hydrogen-bond donors (Lipinski definition) is 0. The number of aryl methyl sites for hydroxylation is 1. The molecule has 2 rings (SSSR count).